The molecule has 0 aromatic heterocycles. The van der Waals surface area contributed by atoms with Crippen molar-refractivity contribution in [3.63, 3.8) is 0 Å². The van der Waals surface area contributed by atoms with Crippen molar-refractivity contribution in [1.82, 2.24) is 0 Å². The van der Waals surface area contributed by atoms with Crippen LogP contribution in [0, 0.1) is 0 Å². The molecule has 1 saturated heterocycles. The Morgan fingerprint density at radius 3 is 2.57 bits per heavy atom. The average molecular weight is 192 g/mol. The number of hydrogen-bond donors (Lipinski definition) is 0. The zero-order chi connectivity index (χ0) is 10.0. The van der Waals surface area contributed by atoms with Gasteiger partial charge in [-0.1, -0.05) is 37.3 Å². The van der Waals surface area contributed by atoms with Crippen LogP contribution in [0.3, 0.4) is 0 Å². The van der Waals surface area contributed by atoms with Crippen molar-refractivity contribution < 1.29 is 14.6 Å². The maximum absolute atomic E-state index is 11.0. The van der Waals surface area contributed by atoms with E-state index >= 15 is 0 Å². The maximum Gasteiger partial charge on any atom is 0.345 e. The summed E-state index contributed by atoms with van der Waals surface area (Å²) >= 11 is 0. The van der Waals surface area contributed by atoms with E-state index in [1.54, 1.807) is 0 Å². The van der Waals surface area contributed by atoms with E-state index < -0.39 is 5.60 Å². The summed E-state index contributed by atoms with van der Waals surface area (Å²) in [6, 6.07) is 9.69. The van der Waals surface area contributed by atoms with Gasteiger partial charge in [-0.3, -0.25) is 4.89 Å². The van der Waals surface area contributed by atoms with Gasteiger partial charge in [-0.15, -0.1) is 0 Å². The molecule has 0 aliphatic carbocycles. The van der Waals surface area contributed by atoms with Crippen molar-refractivity contribution in [2.45, 2.75) is 25.4 Å². The summed E-state index contributed by atoms with van der Waals surface area (Å²) in [4.78, 5) is 20.8. The van der Waals surface area contributed by atoms with Gasteiger partial charge < -0.3 is 0 Å². The molecule has 0 saturated carbocycles. The zero-order valence-corrected chi connectivity index (χ0v) is 8.03. The maximum atomic E-state index is 11.0. The Kier molecular flexibility index (Phi) is 2.25. The molecule has 0 amide bonds. The van der Waals surface area contributed by atoms with Crippen LogP contribution in [0.2, 0.25) is 0 Å². The number of rotatable bonds is 2. The van der Waals surface area contributed by atoms with Crippen LogP contribution in [0.1, 0.15) is 25.3 Å². The molecule has 14 heavy (non-hydrogen) atoms. The molecule has 1 fully saturated rings. The molecular formula is C11H12O3. The summed E-state index contributed by atoms with van der Waals surface area (Å²) in [7, 11) is 0. The molecule has 3 nitrogen and oxygen atoms in total. The minimum atomic E-state index is -0.571. The highest BCUT2D eigenvalue weighted by Gasteiger charge is 2.42. The van der Waals surface area contributed by atoms with Crippen molar-refractivity contribution >= 4 is 5.97 Å². The largest absolute Gasteiger partial charge is 0.345 e. The van der Waals surface area contributed by atoms with Crippen LogP contribution in [0.5, 0.6) is 0 Å². The number of hydrogen-bond acceptors (Lipinski definition) is 3. The molecule has 1 aliphatic rings. The van der Waals surface area contributed by atoms with E-state index in [2.05, 4.69) is 4.89 Å². The molecule has 0 unspecified atom stereocenters. The first kappa shape index (κ1) is 9.21. The normalized spacial score (nSPS) is 26.2. The Balaban J connectivity index is 2.34. The second-order valence-corrected chi connectivity index (χ2v) is 3.43. The molecule has 0 spiro atoms. The third kappa shape index (κ3) is 1.40. The van der Waals surface area contributed by atoms with E-state index in [1.807, 2.05) is 37.3 Å². The van der Waals surface area contributed by atoms with Gasteiger partial charge >= 0.3 is 5.97 Å². The number of carbonyl (C=O) groups is 1. The summed E-state index contributed by atoms with van der Waals surface area (Å²) in [5.74, 6) is -0.296. The minimum absolute atomic E-state index is 0.296. The lowest BCUT2D eigenvalue weighted by Gasteiger charge is -2.22. The fourth-order valence-corrected chi connectivity index (χ4v) is 1.70. The van der Waals surface area contributed by atoms with Crippen molar-refractivity contribution in [1.29, 1.82) is 0 Å². The van der Waals surface area contributed by atoms with Crippen molar-refractivity contribution in [2.75, 3.05) is 0 Å². The van der Waals surface area contributed by atoms with E-state index in [1.165, 1.54) is 0 Å². The van der Waals surface area contributed by atoms with Crippen LogP contribution in [0.25, 0.3) is 0 Å². The van der Waals surface area contributed by atoms with Gasteiger partial charge in [0.1, 0.15) is 0 Å². The van der Waals surface area contributed by atoms with Crippen molar-refractivity contribution in [2.24, 2.45) is 0 Å². The second-order valence-electron chi connectivity index (χ2n) is 3.43. The predicted molar refractivity (Wildman–Crippen MR) is 50.2 cm³/mol. The smallest absolute Gasteiger partial charge is 0.297 e. The third-order valence-electron chi connectivity index (χ3n) is 2.60. The Morgan fingerprint density at radius 1 is 1.36 bits per heavy atom. The minimum Gasteiger partial charge on any atom is -0.297 e. The Bertz CT molecular complexity index is 334. The highest BCUT2D eigenvalue weighted by molar-refractivity contribution is 5.72. The predicted octanol–water partition coefficient (Wildman–Crippen LogP) is 2.17. The lowest BCUT2D eigenvalue weighted by atomic mass is 9.88. The molecule has 2 rings (SSSR count). The molecule has 0 bridgehead atoms. The van der Waals surface area contributed by atoms with E-state index in [4.69, 9.17) is 4.89 Å². The van der Waals surface area contributed by atoms with Gasteiger partial charge in [0, 0.05) is 0 Å². The Labute approximate surface area is 82.6 Å². The zero-order valence-electron chi connectivity index (χ0n) is 8.03. The quantitative estimate of drug-likeness (QED) is 0.673. The Hall–Kier alpha value is -1.35. The summed E-state index contributed by atoms with van der Waals surface area (Å²) < 4.78 is 0. The van der Waals surface area contributed by atoms with Crippen LogP contribution in [-0.4, -0.2) is 5.97 Å². The van der Waals surface area contributed by atoms with Crippen molar-refractivity contribution in [3.8, 4) is 0 Å². The van der Waals surface area contributed by atoms with Crippen molar-refractivity contribution in [3.05, 3.63) is 35.9 Å². The molecule has 1 aromatic rings. The molecule has 74 valence electrons. The summed E-state index contributed by atoms with van der Waals surface area (Å²) in [5.41, 5.74) is 0.423. The molecule has 1 heterocycles. The van der Waals surface area contributed by atoms with Crippen LogP contribution < -0.4 is 0 Å². The standard InChI is InChI=1S/C11H12O3/c1-2-11(8-10(12)13-14-11)9-6-4-3-5-7-9/h3-7H,2,8H2,1H3/t11-/m1/s1. The molecule has 1 aliphatic heterocycles. The van der Waals surface area contributed by atoms with Crippen LogP contribution >= 0.6 is 0 Å². The van der Waals surface area contributed by atoms with Crippen LogP contribution in [-0.2, 0) is 20.2 Å². The topological polar surface area (TPSA) is 35.5 Å². The van der Waals surface area contributed by atoms with Gasteiger partial charge in [0.25, 0.3) is 0 Å². The van der Waals surface area contributed by atoms with E-state index in [9.17, 15) is 4.79 Å². The average Bonchev–Trinajstić information content (AvgIpc) is 2.63. The fraction of sp³-hybridized carbons (Fsp3) is 0.364. The SMILES string of the molecule is CC[C@]1(c2ccccc2)CC(=O)OO1. The van der Waals surface area contributed by atoms with E-state index in [0.717, 1.165) is 12.0 Å². The highest BCUT2D eigenvalue weighted by Crippen LogP contribution is 2.37. The first-order valence-corrected chi connectivity index (χ1v) is 4.71. The molecule has 0 radical (unpaired) electrons. The van der Waals surface area contributed by atoms with Gasteiger partial charge in [0.05, 0.1) is 6.42 Å². The third-order valence-corrected chi connectivity index (χ3v) is 2.60. The van der Waals surface area contributed by atoms with Crippen LogP contribution in [0.4, 0.5) is 0 Å². The Morgan fingerprint density at radius 2 is 2.07 bits per heavy atom. The van der Waals surface area contributed by atoms with E-state index in [-0.39, 0.29) is 5.97 Å². The summed E-state index contributed by atoms with van der Waals surface area (Å²) in [6.45, 7) is 1.98. The van der Waals surface area contributed by atoms with Gasteiger partial charge in [0.2, 0.25) is 0 Å². The first-order chi connectivity index (χ1) is 6.77. The van der Waals surface area contributed by atoms with Crippen LogP contribution in [0.15, 0.2) is 30.3 Å². The highest BCUT2D eigenvalue weighted by atomic mass is 17.2. The first-order valence-electron chi connectivity index (χ1n) is 4.71. The van der Waals surface area contributed by atoms with Gasteiger partial charge in [-0.25, -0.2) is 4.79 Å². The molecule has 1 atom stereocenters. The van der Waals surface area contributed by atoms with E-state index in [0.29, 0.717) is 6.42 Å². The van der Waals surface area contributed by atoms with Gasteiger partial charge in [-0.05, 0) is 12.0 Å². The molecule has 1 aromatic carbocycles. The molecular weight excluding hydrogens is 180 g/mol. The number of benzene rings is 1. The molecule has 0 N–H and O–H groups in total. The second kappa shape index (κ2) is 3.42. The molecule has 3 heteroatoms. The summed E-state index contributed by atoms with van der Waals surface area (Å²) in [5, 5.41) is 0. The lowest BCUT2D eigenvalue weighted by Crippen LogP contribution is -2.23. The lowest BCUT2D eigenvalue weighted by molar-refractivity contribution is -0.299. The summed E-state index contributed by atoms with van der Waals surface area (Å²) in [6.07, 6.45) is 1.02. The fourth-order valence-electron chi connectivity index (χ4n) is 1.70. The monoisotopic (exact) mass is 192 g/mol. The van der Waals surface area contributed by atoms with Gasteiger partial charge in [-0.2, -0.15) is 4.89 Å². The number of carbonyl (C=O) groups excluding carboxylic acids is 1. The van der Waals surface area contributed by atoms with Gasteiger partial charge in [0.15, 0.2) is 5.60 Å².